The molecule has 3 rings (SSSR count). The third kappa shape index (κ3) is 2.68. The molecule has 0 amide bonds. The normalized spacial score (nSPS) is 26.2. The zero-order valence-electron chi connectivity index (χ0n) is 11.4. The van der Waals surface area contributed by atoms with Crippen molar-refractivity contribution in [3.63, 3.8) is 0 Å². The predicted molar refractivity (Wildman–Crippen MR) is 88.4 cm³/mol. The summed E-state index contributed by atoms with van der Waals surface area (Å²) >= 11 is 7.23. The molecular formula is C15H18Br2N2O. The van der Waals surface area contributed by atoms with E-state index in [1.807, 2.05) is 6.07 Å². The molecule has 1 fully saturated rings. The Balaban J connectivity index is 1.88. The fourth-order valence-corrected chi connectivity index (χ4v) is 3.96. The van der Waals surface area contributed by atoms with Crippen molar-refractivity contribution in [1.82, 2.24) is 4.90 Å². The number of hydrogen-bond acceptors (Lipinski definition) is 3. The van der Waals surface area contributed by atoms with Crippen LogP contribution in [0.25, 0.3) is 0 Å². The molecular weight excluding hydrogens is 384 g/mol. The first-order chi connectivity index (χ1) is 9.56. The van der Waals surface area contributed by atoms with Crippen LogP contribution in [0, 0.1) is 0 Å². The summed E-state index contributed by atoms with van der Waals surface area (Å²) in [4.78, 5) is 7.15. The maximum atomic E-state index is 9.67. The van der Waals surface area contributed by atoms with Crippen molar-refractivity contribution in [3.8, 4) is 0 Å². The zero-order valence-corrected chi connectivity index (χ0v) is 14.6. The molecule has 1 aliphatic heterocycles. The minimum Gasteiger partial charge on any atom is -0.393 e. The number of rotatable bonds is 1. The first kappa shape index (κ1) is 14.5. The van der Waals surface area contributed by atoms with E-state index in [1.54, 1.807) is 0 Å². The summed E-state index contributed by atoms with van der Waals surface area (Å²) in [6.45, 7) is 2.98. The average Bonchev–Trinajstić information content (AvgIpc) is 2.44. The van der Waals surface area contributed by atoms with Crippen molar-refractivity contribution >= 4 is 43.4 Å². The van der Waals surface area contributed by atoms with Crippen LogP contribution in [0.15, 0.2) is 26.1 Å². The number of aliphatic hydroxyl groups is 1. The van der Waals surface area contributed by atoms with Gasteiger partial charge in [-0.1, -0.05) is 0 Å². The minimum absolute atomic E-state index is 0.110. The molecule has 0 unspecified atom stereocenters. The monoisotopic (exact) mass is 400 g/mol. The smallest absolute Gasteiger partial charge is 0.102 e. The lowest BCUT2D eigenvalue weighted by atomic mass is 9.91. The van der Waals surface area contributed by atoms with Gasteiger partial charge in [0.1, 0.15) is 5.84 Å². The second kappa shape index (κ2) is 5.78. The molecule has 1 aromatic rings. The van der Waals surface area contributed by atoms with Crippen molar-refractivity contribution in [1.29, 1.82) is 0 Å². The van der Waals surface area contributed by atoms with E-state index in [-0.39, 0.29) is 6.10 Å². The lowest BCUT2D eigenvalue weighted by Gasteiger charge is -2.39. The average molecular weight is 402 g/mol. The third-order valence-corrected chi connectivity index (χ3v) is 6.40. The maximum absolute atomic E-state index is 9.67. The summed E-state index contributed by atoms with van der Waals surface area (Å²) in [5, 5.41) is 9.67. The Labute approximate surface area is 136 Å². The maximum Gasteiger partial charge on any atom is 0.102 e. The Morgan fingerprint density at radius 3 is 2.60 bits per heavy atom. The Hall–Kier alpha value is -0.390. The van der Waals surface area contributed by atoms with Gasteiger partial charge in [0.05, 0.1) is 11.8 Å². The van der Waals surface area contributed by atoms with Gasteiger partial charge in [-0.05, 0) is 76.6 Å². The van der Waals surface area contributed by atoms with E-state index in [1.165, 1.54) is 5.56 Å². The molecule has 0 aromatic heterocycles. The van der Waals surface area contributed by atoms with Crippen LogP contribution in [0.1, 0.15) is 38.2 Å². The summed E-state index contributed by atoms with van der Waals surface area (Å²) in [5.41, 5.74) is 2.31. The predicted octanol–water partition coefficient (Wildman–Crippen LogP) is 4.38. The number of halogens is 2. The van der Waals surface area contributed by atoms with Gasteiger partial charge in [-0.3, -0.25) is 0 Å². The van der Waals surface area contributed by atoms with Gasteiger partial charge >= 0.3 is 0 Å². The van der Waals surface area contributed by atoms with E-state index in [9.17, 15) is 5.11 Å². The highest BCUT2D eigenvalue weighted by Gasteiger charge is 2.29. The van der Waals surface area contributed by atoms with Gasteiger partial charge in [-0.2, -0.15) is 0 Å². The topological polar surface area (TPSA) is 35.8 Å². The summed E-state index contributed by atoms with van der Waals surface area (Å²) < 4.78 is 2.18. The summed E-state index contributed by atoms with van der Waals surface area (Å²) in [5.74, 6) is 1.09. The van der Waals surface area contributed by atoms with Gasteiger partial charge < -0.3 is 10.0 Å². The zero-order chi connectivity index (χ0) is 14.3. The van der Waals surface area contributed by atoms with E-state index in [4.69, 9.17) is 4.99 Å². The first-order valence-corrected chi connectivity index (χ1v) is 8.61. The van der Waals surface area contributed by atoms with Gasteiger partial charge in [-0.25, -0.2) is 4.99 Å². The van der Waals surface area contributed by atoms with E-state index in [2.05, 4.69) is 49.7 Å². The number of benzene rings is 1. The van der Waals surface area contributed by atoms with E-state index >= 15 is 0 Å². The fraction of sp³-hybridized carbons (Fsp3) is 0.533. The number of hydrogen-bond donors (Lipinski definition) is 1. The van der Waals surface area contributed by atoms with Crippen LogP contribution in [0.4, 0.5) is 5.69 Å². The third-order valence-electron chi connectivity index (χ3n) is 4.30. The Morgan fingerprint density at radius 2 is 1.90 bits per heavy atom. The standard InChI is InChI=1S/C15H18Br2N2O/c1-9-18-14-7-6-13(16)15(17)12(14)8-19(9)10-2-4-11(20)5-3-10/h6-7,10-11,20H,2-5,8H2,1H3. The quantitative estimate of drug-likeness (QED) is 0.757. The Kier molecular flexibility index (Phi) is 4.20. The number of nitrogens with zero attached hydrogens (tertiary/aromatic N) is 2. The molecule has 1 aromatic carbocycles. The molecule has 5 heteroatoms. The molecule has 0 atom stereocenters. The van der Waals surface area contributed by atoms with Gasteiger partial charge in [0.2, 0.25) is 0 Å². The molecule has 0 saturated heterocycles. The number of aliphatic hydroxyl groups excluding tert-OH is 1. The summed E-state index contributed by atoms with van der Waals surface area (Å²) in [6, 6.07) is 4.60. The van der Waals surface area contributed by atoms with Crippen LogP contribution < -0.4 is 0 Å². The van der Waals surface area contributed by atoms with E-state index in [0.29, 0.717) is 6.04 Å². The Bertz CT molecular complexity index is 551. The molecule has 0 spiro atoms. The van der Waals surface area contributed by atoms with Gasteiger partial charge in [0.15, 0.2) is 0 Å². The SMILES string of the molecule is CC1=Nc2ccc(Br)c(Br)c2CN1C1CCC(O)CC1. The van der Waals surface area contributed by atoms with Crippen molar-refractivity contribution in [2.75, 3.05) is 0 Å². The fourth-order valence-electron chi connectivity index (χ4n) is 3.12. The van der Waals surface area contributed by atoms with Crippen LogP contribution in [-0.2, 0) is 6.54 Å². The van der Waals surface area contributed by atoms with Gasteiger partial charge in [0, 0.05) is 27.1 Å². The lowest BCUT2D eigenvalue weighted by Crippen LogP contribution is -2.42. The van der Waals surface area contributed by atoms with E-state index in [0.717, 1.165) is 52.7 Å². The minimum atomic E-state index is -0.110. The molecule has 0 radical (unpaired) electrons. The van der Waals surface area contributed by atoms with Crippen molar-refractivity contribution in [2.45, 2.75) is 51.3 Å². The van der Waals surface area contributed by atoms with Gasteiger partial charge in [-0.15, -0.1) is 0 Å². The van der Waals surface area contributed by atoms with Crippen LogP contribution in [0.2, 0.25) is 0 Å². The van der Waals surface area contributed by atoms with Crippen LogP contribution in [-0.4, -0.2) is 28.0 Å². The van der Waals surface area contributed by atoms with Crippen molar-refractivity contribution < 1.29 is 5.11 Å². The first-order valence-electron chi connectivity index (χ1n) is 7.03. The van der Waals surface area contributed by atoms with Crippen molar-refractivity contribution in [2.24, 2.45) is 4.99 Å². The molecule has 1 heterocycles. The highest BCUT2D eigenvalue weighted by Crippen LogP contribution is 2.38. The van der Waals surface area contributed by atoms with Crippen LogP contribution >= 0.6 is 31.9 Å². The van der Waals surface area contributed by atoms with Crippen LogP contribution in [0.3, 0.4) is 0 Å². The molecule has 0 bridgehead atoms. The van der Waals surface area contributed by atoms with Crippen molar-refractivity contribution in [3.05, 3.63) is 26.6 Å². The summed E-state index contributed by atoms with van der Waals surface area (Å²) in [7, 11) is 0. The molecule has 1 N–H and O–H groups in total. The molecule has 20 heavy (non-hydrogen) atoms. The van der Waals surface area contributed by atoms with E-state index < -0.39 is 0 Å². The lowest BCUT2D eigenvalue weighted by molar-refractivity contribution is 0.0945. The molecule has 1 saturated carbocycles. The summed E-state index contributed by atoms with van der Waals surface area (Å²) in [6.07, 6.45) is 3.80. The highest BCUT2D eigenvalue weighted by atomic mass is 79.9. The Morgan fingerprint density at radius 1 is 1.20 bits per heavy atom. The number of fused-ring (bicyclic) bond motifs is 1. The number of amidine groups is 1. The van der Waals surface area contributed by atoms with Gasteiger partial charge in [0.25, 0.3) is 0 Å². The second-order valence-electron chi connectivity index (χ2n) is 5.61. The molecule has 108 valence electrons. The highest BCUT2D eigenvalue weighted by molar-refractivity contribution is 9.13. The molecule has 2 aliphatic rings. The molecule has 1 aliphatic carbocycles. The largest absolute Gasteiger partial charge is 0.393 e. The molecule has 3 nitrogen and oxygen atoms in total. The second-order valence-corrected chi connectivity index (χ2v) is 7.26. The van der Waals surface area contributed by atoms with Crippen LogP contribution in [0.5, 0.6) is 0 Å². The number of aliphatic imine (C=N–C) groups is 1.